The molecule has 0 bridgehead atoms. The standard InChI is InChI=1S/C12H7FN2O5S/c13-9-2-1-7(4-8(9)12(17)18)14-11(16)6-3-10(15(19)20)21-5-6/h1-5H,(H,14,16)(H,17,18). The van der Waals surface area contributed by atoms with Crippen LogP contribution in [0.5, 0.6) is 0 Å². The van der Waals surface area contributed by atoms with Gasteiger partial charge in [-0.05, 0) is 18.2 Å². The maximum atomic E-state index is 13.2. The Labute approximate surface area is 120 Å². The largest absolute Gasteiger partial charge is 0.478 e. The first-order valence-corrected chi connectivity index (χ1v) is 6.33. The number of rotatable bonds is 4. The van der Waals surface area contributed by atoms with Crippen LogP contribution in [0.15, 0.2) is 29.6 Å². The summed E-state index contributed by atoms with van der Waals surface area (Å²) >= 11 is 0.793. The second-order valence-electron chi connectivity index (χ2n) is 3.88. The van der Waals surface area contributed by atoms with E-state index in [2.05, 4.69) is 5.32 Å². The minimum atomic E-state index is -1.46. The van der Waals surface area contributed by atoms with Gasteiger partial charge in [-0.2, -0.15) is 0 Å². The number of carboxylic acid groups (broad SMARTS) is 1. The van der Waals surface area contributed by atoms with Crippen LogP contribution < -0.4 is 5.32 Å². The number of aromatic carboxylic acids is 1. The van der Waals surface area contributed by atoms with E-state index >= 15 is 0 Å². The zero-order chi connectivity index (χ0) is 15.6. The number of anilines is 1. The molecule has 0 radical (unpaired) electrons. The molecule has 1 aromatic heterocycles. The van der Waals surface area contributed by atoms with Gasteiger partial charge < -0.3 is 10.4 Å². The lowest BCUT2D eigenvalue weighted by Crippen LogP contribution is -2.12. The Hall–Kier alpha value is -2.81. The molecule has 1 amide bonds. The molecule has 2 rings (SSSR count). The average Bonchev–Trinajstić information content (AvgIpc) is 2.90. The summed E-state index contributed by atoms with van der Waals surface area (Å²) in [6.45, 7) is 0. The molecule has 9 heteroatoms. The summed E-state index contributed by atoms with van der Waals surface area (Å²) < 4.78 is 13.2. The van der Waals surface area contributed by atoms with Crippen molar-refractivity contribution in [3.8, 4) is 0 Å². The lowest BCUT2D eigenvalue weighted by Gasteiger charge is -2.05. The van der Waals surface area contributed by atoms with Gasteiger partial charge in [-0.15, -0.1) is 0 Å². The summed E-state index contributed by atoms with van der Waals surface area (Å²) in [4.78, 5) is 32.5. The quantitative estimate of drug-likeness (QED) is 0.666. The van der Waals surface area contributed by atoms with Crippen LogP contribution >= 0.6 is 11.3 Å². The van der Waals surface area contributed by atoms with Crippen LogP contribution in [-0.2, 0) is 0 Å². The van der Waals surface area contributed by atoms with Gasteiger partial charge in [0.1, 0.15) is 5.82 Å². The Morgan fingerprint density at radius 1 is 1.33 bits per heavy atom. The molecule has 1 heterocycles. The van der Waals surface area contributed by atoms with Crippen molar-refractivity contribution in [3.63, 3.8) is 0 Å². The molecule has 0 aliphatic rings. The summed E-state index contributed by atoms with van der Waals surface area (Å²) in [5.74, 6) is -3.04. The summed E-state index contributed by atoms with van der Waals surface area (Å²) in [5, 5.41) is 22.8. The van der Waals surface area contributed by atoms with E-state index in [0.29, 0.717) is 0 Å². The Morgan fingerprint density at radius 3 is 2.62 bits per heavy atom. The smallest absolute Gasteiger partial charge is 0.338 e. The van der Waals surface area contributed by atoms with Gasteiger partial charge in [0.15, 0.2) is 0 Å². The maximum Gasteiger partial charge on any atom is 0.338 e. The van der Waals surface area contributed by atoms with Gasteiger partial charge in [-0.25, -0.2) is 9.18 Å². The van der Waals surface area contributed by atoms with Gasteiger partial charge in [-0.1, -0.05) is 11.3 Å². The van der Waals surface area contributed by atoms with Crippen LogP contribution in [0.3, 0.4) is 0 Å². The van der Waals surface area contributed by atoms with Crippen LogP contribution in [0, 0.1) is 15.9 Å². The van der Waals surface area contributed by atoms with Crippen molar-refractivity contribution in [1.29, 1.82) is 0 Å². The number of hydrogen-bond acceptors (Lipinski definition) is 5. The number of benzene rings is 1. The van der Waals surface area contributed by atoms with Gasteiger partial charge in [0.2, 0.25) is 0 Å². The predicted molar refractivity (Wildman–Crippen MR) is 72.3 cm³/mol. The third kappa shape index (κ3) is 3.20. The number of nitro groups is 1. The fourth-order valence-corrected chi connectivity index (χ4v) is 2.21. The lowest BCUT2D eigenvalue weighted by atomic mass is 10.2. The molecule has 0 fully saturated rings. The highest BCUT2D eigenvalue weighted by Crippen LogP contribution is 2.23. The second-order valence-corrected chi connectivity index (χ2v) is 4.77. The molecular weight excluding hydrogens is 303 g/mol. The fraction of sp³-hybridized carbons (Fsp3) is 0. The second kappa shape index (κ2) is 5.67. The first-order valence-electron chi connectivity index (χ1n) is 5.45. The van der Waals surface area contributed by atoms with E-state index in [1.54, 1.807) is 0 Å². The molecule has 2 aromatic rings. The molecule has 1 aromatic carbocycles. The molecule has 0 saturated carbocycles. The number of nitrogens with zero attached hydrogens (tertiary/aromatic N) is 1. The Bertz CT molecular complexity index is 743. The highest BCUT2D eigenvalue weighted by atomic mass is 32.1. The zero-order valence-corrected chi connectivity index (χ0v) is 11.0. The van der Waals surface area contributed by atoms with Crippen LogP contribution in [0.25, 0.3) is 0 Å². The normalized spacial score (nSPS) is 10.1. The molecular formula is C12H7FN2O5S. The van der Waals surface area contributed by atoms with Crippen molar-refractivity contribution in [2.24, 2.45) is 0 Å². The summed E-state index contributed by atoms with van der Waals surface area (Å²) in [5.41, 5.74) is -0.440. The molecule has 0 aliphatic carbocycles. The molecule has 0 saturated heterocycles. The minimum Gasteiger partial charge on any atom is -0.478 e. The van der Waals surface area contributed by atoms with E-state index in [1.807, 2.05) is 0 Å². The number of carbonyl (C=O) groups is 2. The summed E-state index contributed by atoms with van der Waals surface area (Å²) in [6.07, 6.45) is 0. The molecule has 0 atom stereocenters. The SMILES string of the molecule is O=C(Nc1ccc(F)c(C(=O)O)c1)c1csc([N+](=O)[O-])c1. The number of halogens is 1. The topological polar surface area (TPSA) is 110 Å². The van der Waals surface area contributed by atoms with Crippen molar-refractivity contribution in [3.05, 3.63) is 56.7 Å². The number of thiophene rings is 1. The van der Waals surface area contributed by atoms with Gasteiger partial charge in [0, 0.05) is 17.1 Å². The third-order valence-electron chi connectivity index (χ3n) is 2.48. The molecule has 0 spiro atoms. The van der Waals surface area contributed by atoms with Gasteiger partial charge >= 0.3 is 11.0 Å². The van der Waals surface area contributed by atoms with Crippen molar-refractivity contribution in [1.82, 2.24) is 0 Å². The first-order chi connectivity index (χ1) is 9.88. The minimum absolute atomic E-state index is 0.0629. The van der Waals surface area contributed by atoms with Gasteiger partial charge in [0.05, 0.1) is 16.1 Å². The Morgan fingerprint density at radius 2 is 2.05 bits per heavy atom. The van der Waals surface area contributed by atoms with Crippen LogP contribution in [0.1, 0.15) is 20.7 Å². The molecule has 108 valence electrons. The molecule has 0 aliphatic heterocycles. The lowest BCUT2D eigenvalue weighted by molar-refractivity contribution is -0.380. The number of nitrogens with one attached hydrogen (secondary N) is 1. The molecule has 7 nitrogen and oxygen atoms in total. The van der Waals surface area contributed by atoms with Crippen molar-refractivity contribution < 1.29 is 24.0 Å². The van der Waals surface area contributed by atoms with Crippen molar-refractivity contribution in [2.75, 3.05) is 5.32 Å². The van der Waals surface area contributed by atoms with E-state index in [1.165, 1.54) is 11.4 Å². The van der Waals surface area contributed by atoms with Crippen LogP contribution in [-0.4, -0.2) is 21.9 Å². The highest BCUT2D eigenvalue weighted by Gasteiger charge is 2.16. The first kappa shape index (κ1) is 14.6. The fourth-order valence-electron chi connectivity index (χ4n) is 1.51. The Balaban J connectivity index is 2.21. The van der Waals surface area contributed by atoms with E-state index in [9.17, 15) is 24.1 Å². The number of amides is 1. The highest BCUT2D eigenvalue weighted by molar-refractivity contribution is 7.13. The van der Waals surface area contributed by atoms with E-state index < -0.39 is 28.2 Å². The van der Waals surface area contributed by atoms with Crippen molar-refractivity contribution in [2.45, 2.75) is 0 Å². The van der Waals surface area contributed by atoms with E-state index in [0.717, 1.165) is 29.5 Å². The average molecular weight is 310 g/mol. The van der Waals surface area contributed by atoms with E-state index in [4.69, 9.17) is 5.11 Å². The summed E-state index contributed by atoms with van der Waals surface area (Å²) in [7, 11) is 0. The number of hydrogen-bond donors (Lipinski definition) is 2. The maximum absolute atomic E-state index is 13.2. The third-order valence-corrected chi connectivity index (χ3v) is 3.36. The zero-order valence-electron chi connectivity index (χ0n) is 10.2. The predicted octanol–water partition coefficient (Wildman–Crippen LogP) is 2.75. The number of carboxylic acids is 1. The van der Waals surface area contributed by atoms with Crippen LogP contribution in [0.4, 0.5) is 15.1 Å². The Kier molecular flexibility index (Phi) is 3.94. The number of carbonyl (C=O) groups excluding carboxylic acids is 1. The monoisotopic (exact) mass is 310 g/mol. The van der Waals surface area contributed by atoms with Gasteiger partial charge in [0.25, 0.3) is 5.91 Å². The van der Waals surface area contributed by atoms with Gasteiger partial charge in [-0.3, -0.25) is 14.9 Å². The van der Waals surface area contributed by atoms with E-state index in [-0.39, 0.29) is 16.3 Å². The molecule has 21 heavy (non-hydrogen) atoms. The molecule has 0 unspecified atom stereocenters. The van der Waals surface area contributed by atoms with Crippen molar-refractivity contribution >= 4 is 33.9 Å². The summed E-state index contributed by atoms with van der Waals surface area (Å²) in [6, 6.07) is 4.17. The van der Waals surface area contributed by atoms with Crippen LogP contribution in [0.2, 0.25) is 0 Å². The molecule has 2 N–H and O–H groups in total.